The van der Waals surface area contributed by atoms with E-state index in [1.807, 2.05) is 0 Å². The van der Waals surface area contributed by atoms with Crippen LogP contribution in [0.5, 0.6) is 0 Å². The van der Waals surface area contributed by atoms with Crippen molar-refractivity contribution in [3.05, 3.63) is 64.6 Å². The summed E-state index contributed by atoms with van der Waals surface area (Å²) >= 11 is 12.1. The Labute approximate surface area is 196 Å². The monoisotopic (exact) mass is 475 g/mol. The van der Waals surface area contributed by atoms with Gasteiger partial charge in [0.25, 0.3) is 0 Å². The van der Waals surface area contributed by atoms with Crippen LogP contribution >= 0.6 is 23.2 Å². The van der Waals surface area contributed by atoms with Crippen molar-refractivity contribution in [3.8, 4) is 11.3 Å². The summed E-state index contributed by atoms with van der Waals surface area (Å²) in [6, 6.07) is 11.8. The number of hydrogen-bond donors (Lipinski definition) is 2. The summed E-state index contributed by atoms with van der Waals surface area (Å²) in [6.45, 7) is 5.37. The fourth-order valence-corrected chi connectivity index (χ4v) is 3.24. The third-order valence-corrected chi connectivity index (χ3v) is 4.68. The van der Waals surface area contributed by atoms with Gasteiger partial charge in [0.1, 0.15) is 5.60 Å². The molecule has 0 atom stereocenters. The Hall–Kier alpha value is -3.03. The number of anilines is 2. The molecule has 32 heavy (non-hydrogen) atoms. The third kappa shape index (κ3) is 7.00. The zero-order chi connectivity index (χ0) is 23.3. The van der Waals surface area contributed by atoms with Gasteiger partial charge < -0.3 is 14.5 Å². The predicted molar refractivity (Wildman–Crippen MR) is 125 cm³/mol. The SMILES string of the molecule is CC(C)(C)OC(=O)Nc1ccc(NC(=O)CCc2ncc(-c3ccc(Cl)cc3Cl)o2)cc1. The van der Waals surface area contributed by atoms with Crippen LogP contribution in [0.2, 0.25) is 10.0 Å². The molecule has 7 nitrogen and oxygen atoms in total. The van der Waals surface area contributed by atoms with Gasteiger partial charge in [-0.2, -0.15) is 0 Å². The molecule has 3 rings (SSSR count). The van der Waals surface area contributed by atoms with Crippen LogP contribution in [0.3, 0.4) is 0 Å². The summed E-state index contributed by atoms with van der Waals surface area (Å²) < 4.78 is 10.9. The van der Waals surface area contributed by atoms with Gasteiger partial charge in [0.05, 0.1) is 11.2 Å². The fraction of sp³-hybridized carbons (Fsp3) is 0.261. The van der Waals surface area contributed by atoms with Crippen LogP contribution in [0.25, 0.3) is 11.3 Å². The van der Waals surface area contributed by atoms with Gasteiger partial charge in [-0.15, -0.1) is 0 Å². The molecule has 2 N–H and O–H groups in total. The largest absolute Gasteiger partial charge is 0.444 e. The van der Waals surface area contributed by atoms with E-state index in [1.54, 1.807) is 69.4 Å². The minimum absolute atomic E-state index is 0.187. The second kappa shape index (κ2) is 10.1. The first-order valence-electron chi connectivity index (χ1n) is 9.89. The molecule has 0 aliphatic rings. The molecule has 0 unspecified atom stereocenters. The second-order valence-corrected chi connectivity index (χ2v) is 8.84. The molecular formula is C23H23Cl2N3O4. The van der Waals surface area contributed by atoms with Gasteiger partial charge in [-0.25, -0.2) is 9.78 Å². The molecule has 0 aliphatic carbocycles. The van der Waals surface area contributed by atoms with E-state index in [2.05, 4.69) is 15.6 Å². The lowest BCUT2D eigenvalue weighted by molar-refractivity contribution is -0.116. The number of hydrogen-bond acceptors (Lipinski definition) is 5. The van der Waals surface area contributed by atoms with E-state index < -0.39 is 11.7 Å². The highest BCUT2D eigenvalue weighted by molar-refractivity contribution is 6.36. The molecular weight excluding hydrogens is 453 g/mol. The minimum Gasteiger partial charge on any atom is -0.444 e. The molecule has 0 bridgehead atoms. The standard InChI is InChI=1S/C23H23Cl2N3O4/c1-23(2,3)32-22(30)28-16-7-5-15(6-8-16)27-20(29)10-11-21-26-13-19(31-21)17-9-4-14(24)12-18(17)25/h4-9,12-13H,10-11H2,1-3H3,(H,27,29)(H,28,30). The van der Waals surface area contributed by atoms with Crippen LogP contribution in [0, 0.1) is 0 Å². The van der Waals surface area contributed by atoms with E-state index in [4.69, 9.17) is 32.4 Å². The molecule has 0 fully saturated rings. The lowest BCUT2D eigenvalue weighted by Crippen LogP contribution is -2.27. The first kappa shape index (κ1) is 23.6. The molecule has 1 aromatic heterocycles. The van der Waals surface area contributed by atoms with Gasteiger partial charge >= 0.3 is 6.09 Å². The maximum atomic E-state index is 12.3. The van der Waals surface area contributed by atoms with Crippen LogP contribution in [0.4, 0.5) is 16.2 Å². The number of benzene rings is 2. The smallest absolute Gasteiger partial charge is 0.412 e. The fourth-order valence-electron chi connectivity index (χ4n) is 2.74. The number of rotatable bonds is 6. The number of ether oxygens (including phenoxy) is 1. The van der Waals surface area contributed by atoms with Crippen molar-refractivity contribution in [2.24, 2.45) is 0 Å². The number of aromatic nitrogens is 1. The summed E-state index contributed by atoms with van der Waals surface area (Å²) in [6.07, 6.45) is 1.54. The molecule has 0 aliphatic heterocycles. The van der Waals surface area contributed by atoms with Gasteiger partial charge in [-0.05, 0) is 63.2 Å². The molecule has 0 radical (unpaired) electrons. The number of nitrogens with one attached hydrogen (secondary N) is 2. The summed E-state index contributed by atoms with van der Waals surface area (Å²) in [4.78, 5) is 28.3. The number of oxazole rings is 1. The van der Waals surface area contributed by atoms with Crippen molar-refractivity contribution < 1.29 is 18.7 Å². The number of carbonyl (C=O) groups is 2. The second-order valence-electron chi connectivity index (χ2n) is 7.99. The highest BCUT2D eigenvalue weighted by Gasteiger charge is 2.16. The van der Waals surface area contributed by atoms with Crippen LogP contribution in [-0.2, 0) is 16.0 Å². The maximum absolute atomic E-state index is 12.3. The lowest BCUT2D eigenvalue weighted by atomic mass is 10.2. The Balaban J connectivity index is 1.50. The predicted octanol–water partition coefficient (Wildman–Crippen LogP) is 6.57. The van der Waals surface area contributed by atoms with Gasteiger partial charge in [-0.1, -0.05) is 23.2 Å². The number of halogens is 2. The molecule has 0 spiro atoms. The van der Waals surface area contributed by atoms with E-state index >= 15 is 0 Å². The number of aryl methyl sites for hydroxylation is 1. The summed E-state index contributed by atoms with van der Waals surface area (Å²) in [5, 5.41) is 6.43. The zero-order valence-electron chi connectivity index (χ0n) is 17.9. The Morgan fingerprint density at radius 1 is 1.03 bits per heavy atom. The Bertz CT molecular complexity index is 1110. The Kier molecular flexibility index (Phi) is 7.43. The molecule has 1 heterocycles. The minimum atomic E-state index is -0.581. The summed E-state index contributed by atoms with van der Waals surface area (Å²) in [7, 11) is 0. The number of nitrogens with zero attached hydrogens (tertiary/aromatic N) is 1. The van der Waals surface area contributed by atoms with Gasteiger partial charge in [0.2, 0.25) is 5.91 Å². The van der Waals surface area contributed by atoms with Crippen molar-refractivity contribution in [1.82, 2.24) is 4.98 Å². The van der Waals surface area contributed by atoms with E-state index in [0.29, 0.717) is 45.1 Å². The highest BCUT2D eigenvalue weighted by Crippen LogP contribution is 2.30. The molecule has 0 saturated heterocycles. The lowest BCUT2D eigenvalue weighted by Gasteiger charge is -2.19. The molecule has 2 amide bonds. The van der Waals surface area contributed by atoms with Crippen LogP contribution in [0.15, 0.2) is 53.1 Å². The highest BCUT2D eigenvalue weighted by atomic mass is 35.5. The summed E-state index contributed by atoms with van der Waals surface area (Å²) in [5.74, 6) is 0.746. The van der Waals surface area contributed by atoms with Crippen molar-refractivity contribution in [1.29, 1.82) is 0 Å². The third-order valence-electron chi connectivity index (χ3n) is 4.13. The summed E-state index contributed by atoms with van der Waals surface area (Å²) in [5.41, 5.74) is 1.26. The number of amides is 2. The Morgan fingerprint density at radius 2 is 1.69 bits per heavy atom. The van der Waals surface area contributed by atoms with Gasteiger partial charge in [-0.3, -0.25) is 10.1 Å². The maximum Gasteiger partial charge on any atom is 0.412 e. The van der Waals surface area contributed by atoms with Crippen molar-refractivity contribution in [3.63, 3.8) is 0 Å². The average Bonchev–Trinajstić information content (AvgIpc) is 3.15. The molecule has 2 aromatic carbocycles. The normalized spacial score (nSPS) is 11.2. The number of carbonyl (C=O) groups excluding carboxylic acids is 2. The Morgan fingerprint density at radius 3 is 2.31 bits per heavy atom. The van der Waals surface area contributed by atoms with E-state index in [0.717, 1.165) is 0 Å². The molecule has 9 heteroatoms. The quantitative estimate of drug-likeness (QED) is 0.420. The first-order chi connectivity index (χ1) is 15.1. The zero-order valence-corrected chi connectivity index (χ0v) is 19.4. The topological polar surface area (TPSA) is 93.5 Å². The average molecular weight is 476 g/mol. The van der Waals surface area contributed by atoms with Crippen molar-refractivity contribution in [2.75, 3.05) is 10.6 Å². The first-order valence-corrected chi connectivity index (χ1v) is 10.6. The van der Waals surface area contributed by atoms with Gasteiger partial charge in [0, 0.05) is 34.8 Å². The van der Waals surface area contributed by atoms with Crippen LogP contribution in [0.1, 0.15) is 33.1 Å². The van der Waals surface area contributed by atoms with Crippen LogP contribution in [-0.4, -0.2) is 22.6 Å². The van der Waals surface area contributed by atoms with Crippen molar-refractivity contribution >= 4 is 46.6 Å². The van der Waals surface area contributed by atoms with E-state index in [1.165, 1.54) is 0 Å². The van der Waals surface area contributed by atoms with E-state index in [9.17, 15) is 9.59 Å². The molecule has 168 valence electrons. The van der Waals surface area contributed by atoms with Gasteiger partial charge in [0.15, 0.2) is 11.7 Å². The van der Waals surface area contributed by atoms with E-state index in [-0.39, 0.29) is 12.3 Å². The van der Waals surface area contributed by atoms with Crippen molar-refractivity contribution in [2.45, 2.75) is 39.2 Å². The molecule has 3 aromatic rings. The van der Waals surface area contributed by atoms with Crippen LogP contribution < -0.4 is 10.6 Å². The molecule has 0 saturated carbocycles.